The molecule has 8 rings (SSSR count). The average molecular weight is 967 g/mol. The Kier molecular flexibility index (Phi) is 17.5. The first-order chi connectivity index (χ1) is 34.7. The third-order valence-corrected chi connectivity index (χ3v) is 12.5. The number of pyridine rings is 1. The molecule has 0 radical (unpaired) electrons. The van der Waals surface area contributed by atoms with E-state index in [2.05, 4.69) is 37.4 Å². The van der Waals surface area contributed by atoms with Gasteiger partial charge in [0.05, 0.1) is 82.3 Å². The van der Waals surface area contributed by atoms with Crippen molar-refractivity contribution in [3.8, 4) is 17.2 Å². The minimum atomic E-state index is -1.02. The number of nitrogens with zero attached hydrogens (tertiary/aromatic N) is 6. The second-order valence-corrected chi connectivity index (χ2v) is 17.3. The molecule has 1 saturated heterocycles. The standard InChI is InChI=1S/C52H58N10O9/c53-31-37-9-19-46(55-33-37)58-40-12-16-42(17-13-40)61(52(67)56-32-36-5-2-1-3-6-36)41-14-10-38(11-15-41)39-34-57-60(35-39)22-24-69-26-28-71-30-29-70-27-25-68-23-21-54-44-8-4-7-43-48(44)51(66)62(50(43)65)45-18-20-47(63)59-49(45)64/h1-11,14-15,19,33-35,40,42,45,54H,12-13,16-18,20-30,32H2,(H,55,58)(H,56,67)(H,59,63,64). The number of urea groups is 1. The van der Waals surface area contributed by atoms with Gasteiger partial charge >= 0.3 is 6.03 Å². The van der Waals surface area contributed by atoms with Crippen LogP contribution in [0.15, 0.2) is 104 Å². The van der Waals surface area contributed by atoms with Gasteiger partial charge in [0.15, 0.2) is 0 Å². The van der Waals surface area contributed by atoms with Crippen molar-refractivity contribution in [1.82, 2.24) is 30.3 Å². The van der Waals surface area contributed by atoms with Gasteiger partial charge in [-0.2, -0.15) is 10.4 Å². The van der Waals surface area contributed by atoms with Gasteiger partial charge in [0.2, 0.25) is 11.8 Å². The molecule has 4 heterocycles. The van der Waals surface area contributed by atoms with Crippen molar-refractivity contribution in [1.29, 1.82) is 5.26 Å². The lowest BCUT2D eigenvalue weighted by atomic mass is 9.89. The first-order valence-corrected chi connectivity index (χ1v) is 24.0. The summed E-state index contributed by atoms with van der Waals surface area (Å²) in [6.07, 6.45) is 8.90. The first-order valence-electron chi connectivity index (χ1n) is 24.0. The molecule has 1 aliphatic carbocycles. The van der Waals surface area contributed by atoms with E-state index in [9.17, 15) is 24.0 Å². The number of nitriles is 1. The van der Waals surface area contributed by atoms with Gasteiger partial charge in [-0.25, -0.2) is 9.78 Å². The molecule has 1 atom stereocenters. The van der Waals surface area contributed by atoms with Crippen LogP contribution in [0.1, 0.15) is 70.4 Å². The van der Waals surface area contributed by atoms with Crippen molar-refractivity contribution in [2.75, 3.05) is 74.9 Å². The molecule has 0 bridgehead atoms. The lowest BCUT2D eigenvalue weighted by molar-refractivity contribution is -0.136. The smallest absolute Gasteiger partial charge is 0.322 e. The van der Waals surface area contributed by atoms with E-state index >= 15 is 0 Å². The van der Waals surface area contributed by atoms with Crippen LogP contribution in [0, 0.1) is 11.3 Å². The number of hydrogen-bond donors (Lipinski definition) is 4. The highest BCUT2D eigenvalue weighted by atomic mass is 16.6. The number of anilines is 3. The van der Waals surface area contributed by atoms with Gasteiger partial charge in [-0.05, 0) is 79.6 Å². The van der Waals surface area contributed by atoms with E-state index in [0.29, 0.717) is 83.7 Å². The summed E-state index contributed by atoms with van der Waals surface area (Å²) in [7, 11) is 0. The molecule has 1 saturated carbocycles. The van der Waals surface area contributed by atoms with Gasteiger partial charge in [-0.15, -0.1) is 0 Å². The molecule has 19 heteroatoms. The number of imide groups is 2. The van der Waals surface area contributed by atoms with Crippen LogP contribution in [0.25, 0.3) is 11.1 Å². The molecule has 2 aliphatic heterocycles. The van der Waals surface area contributed by atoms with Gasteiger partial charge in [-0.1, -0.05) is 48.5 Å². The van der Waals surface area contributed by atoms with Crippen LogP contribution >= 0.6 is 0 Å². The lowest BCUT2D eigenvalue weighted by Gasteiger charge is -2.37. The first kappa shape index (κ1) is 49.9. The van der Waals surface area contributed by atoms with E-state index in [1.807, 2.05) is 82.6 Å². The van der Waals surface area contributed by atoms with Gasteiger partial charge in [0, 0.05) is 60.9 Å². The zero-order chi connectivity index (χ0) is 49.4. The number of piperidine rings is 1. The highest BCUT2D eigenvalue weighted by molar-refractivity contribution is 6.25. The largest absolute Gasteiger partial charge is 0.382 e. The number of aromatic nitrogens is 3. The number of benzene rings is 3. The van der Waals surface area contributed by atoms with E-state index in [0.717, 1.165) is 58.8 Å². The lowest BCUT2D eigenvalue weighted by Crippen LogP contribution is -2.54. The minimum Gasteiger partial charge on any atom is -0.382 e. The van der Waals surface area contributed by atoms with Crippen LogP contribution in [0.2, 0.25) is 0 Å². The van der Waals surface area contributed by atoms with Gasteiger partial charge < -0.3 is 34.9 Å². The summed E-state index contributed by atoms with van der Waals surface area (Å²) in [4.78, 5) is 71.4. The number of carbonyl (C=O) groups excluding carboxylic acids is 5. The van der Waals surface area contributed by atoms with Crippen molar-refractivity contribution in [3.05, 3.63) is 126 Å². The highest BCUT2D eigenvalue weighted by Gasteiger charge is 2.45. The fourth-order valence-corrected chi connectivity index (χ4v) is 8.87. The molecule has 19 nitrogen and oxygen atoms in total. The van der Waals surface area contributed by atoms with Gasteiger partial charge in [0.25, 0.3) is 11.8 Å². The summed E-state index contributed by atoms with van der Waals surface area (Å²) in [6.45, 7) is 4.52. The highest BCUT2D eigenvalue weighted by Crippen LogP contribution is 2.33. The molecular weight excluding hydrogens is 909 g/mol. The Morgan fingerprint density at radius 3 is 2.17 bits per heavy atom. The van der Waals surface area contributed by atoms with Crippen molar-refractivity contribution < 1.29 is 42.9 Å². The maximum Gasteiger partial charge on any atom is 0.322 e. The van der Waals surface area contributed by atoms with E-state index in [-0.39, 0.29) is 42.1 Å². The summed E-state index contributed by atoms with van der Waals surface area (Å²) in [5, 5.41) is 25.6. The normalized spacial score (nSPS) is 17.6. The molecule has 2 fully saturated rings. The Balaban J connectivity index is 0.692. The summed E-state index contributed by atoms with van der Waals surface area (Å²) in [5.41, 5.74) is 5.20. The molecule has 0 spiro atoms. The van der Waals surface area contributed by atoms with Crippen molar-refractivity contribution in [3.63, 3.8) is 0 Å². The second kappa shape index (κ2) is 24.9. The van der Waals surface area contributed by atoms with Gasteiger partial charge in [-0.3, -0.25) is 39.0 Å². The number of amides is 6. The number of ether oxygens (including phenoxy) is 4. The Morgan fingerprint density at radius 1 is 0.761 bits per heavy atom. The van der Waals surface area contributed by atoms with E-state index in [1.165, 1.54) is 0 Å². The molecule has 4 N–H and O–H groups in total. The third-order valence-electron chi connectivity index (χ3n) is 12.5. The Bertz CT molecular complexity index is 2650. The molecule has 5 aromatic rings. The average Bonchev–Trinajstić information content (AvgIpc) is 3.97. The molecular formula is C52H58N10O9. The molecule has 6 amide bonds. The van der Waals surface area contributed by atoms with Crippen LogP contribution in [0.3, 0.4) is 0 Å². The zero-order valence-electron chi connectivity index (χ0n) is 39.4. The van der Waals surface area contributed by atoms with Crippen LogP contribution in [-0.2, 0) is 41.6 Å². The number of hydrogen-bond acceptors (Lipinski definition) is 14. The van der Waals surface area contributed by atoms with Crippen LogP contribution in [0.5, 0.6) is 0 Å². The van der Waals surface area contributed by atoms with Crippen LogP contribution in [-0.4, -0.2) is 127 Å². The topological polar surface area (TPSA) is 231 Å². The maximum atomic E-state index is 13.9. The monoisotopic (exact) mass is 966 g/mol. The Morgan fingerprint density at radius 2 is 1.48 bits per heavy atom. The summed E-state index contributed by atoms with van der Waals surface area (Å²) in [6, 6.07) is 27.6. The summed E-state index contributed by atoms with van der Waals surface area (Å²) >= 11 is 0. The summed E-state index contributed by atoms with van der Waals surface area (Å²) < 4.78 is 24.5. The van der Waals surface area contributed by atoms with Crippen molar-refractivity contribution >= 4 is 46.9 Å². The number of carbonyl (C=O) groups is 5. The molecule has 3 aromatic carbocycles. The quantitative estimate of drug-likeness (QED) is 0.0440. The van der Waals surface area contributed by atoms with E-state index in [1.54, 1.807) is 30.5 Å². The Hall–Kier alpha value is -7.50. The zero-order valence-corrected chi connectivity index (χ0v) is 39.4. The molecule has 3 aliphatic rings. The number of nitrogens with one attached hydrogen (secondary N) is 4. The third kappa shape index (κ3) is 13.2. The number of rotatable bonds is 24. The predicted molar refractivity (Wildman–Crippen MR) is 262 cm³/mol. The molecule has 370 valence electrons. The van der Waals surface area contributed by atoms with E-state index in [4.69, 9.17) is 24.2 Å². The minimum absolute atomic E-state index is 0.0126. The van der Waals surface area contributed by atoms with Crippen molar-refractivity contribution in [2.45, 2.75) is 69.7 Å². The number of fused-ring (bicyclic) bond motifs is 1. The van der Waals surface area contributed by atoms with Crippen LogP contribution < -0.4 is 26.2 Å². The molecule has 2 aromatic heterocycles. The second-order valence-electron chi connectivity index (χ2n) is 17.3. The fraction of sp³-hybridized carbons (Fsp3) is 0.385. The Labute approximate surface area is 411 Å². The molecule has 1 unspecified atom stereocenters. The SMILES string of the molecule is N#Cc1ccc(NC2CCC(N(C(=O)NCc3ccccc3)c3ccc(-c4cnn(CCOCCOCCOCCOCCNc5cccc6c5C(=O)N(C5CCC(=O)NC5=O)C6=O)c4)cc3)CC2)nc1. The fourth-order valence-electron chi connectivity index (χ4n) is 8.87. The van der Waals surface area contributed by atoms with Gasteiger partial charge in [0.1, 0.15) is 17.9 Å². The van der Waals surface area contributed by atoms with E-state index < -0.39 is 29.7 Å². The predicted octanol–water partition coefficient (Wildman–Crippen LogP) is 5.54. The summed E-state index contributed by atoms with van der Waals surface area (Å²) in [5.74, 6) is -1.45. The van der Waals surface area contributed by atoms with Crippen molar-refractivity contribution in [2.24, 2.45) is 0 Å². The molecule has 71 heavy (non-hydrogen) atoms. The maximum absolute atomic E-state index is 13.9. The van der Waals surface area contributed by atoms with Crippen LogP contribution in [0.4, 0.5) is 22.0 Å².